The summed E-state index contributed by atoms with van der Waals surface area (Å²) in [5.74, 6) is 0.377. The van der Waals surface area contributed by atoms with Crippen molar-refractivity contribution >= 4 is 22.7 Å². The Bertz CT molecular complexity index is 1050. The molecule has 0 aliphatic carbocycles. The zero-order valence-electron chi connectivity index (χ0n) is 15.9. The molecular weight excluding hydrogens is 358 g/mol. The van der Waals surface area contributed by atoms with E-state index in [9.17, 15) is 4.79 Å². The third-order valence-electron chi connectivity index (χ3n) is 5.10. The van der Waals surface area contributed by atoms with E-state index in [1.807, 2.05) is 30.7 Å². The highest BCUT2D eigenvalue weighted by molar-refractivity contribution is 7.98. The summed E-state index contributed by atoms with van der Waals surface area (Å²) >= 11 is 1.56. The van der Waals surface area contributed by atoms with Crippen LogP contribution in [-0.2, 0) is 19.5 Å². The van der Waals surface area contributed by atoms with Crippen molar-refractivity contribution in [3.8, 4) is 0 Å². The predicted molar refractivity (Wildman–Crippen MR) is 108 cm³/mol. The molecule has 0 saturated heterocycles. The van der Waals surface area contributed by atoms with E-state index in [-0.39, 0.29) is 5.43 Å². The van der Waals surface area contributed by atoms with E-state index in [1.165, 1.54) is 0 Å². The number of nitrogens with zero attached hydrogens (tertiary/aromatic N) is 3. The molecular formula is C21H23N3O2S. The highest BCUT2D eigenvalue weighted by Gasteiger charge is 2.20. The highest BCUT2D eigenvalue weighted by Crippen LogP contribution is 2.22. The predicted octanol–water partition coefficient (Wildman–Crippen LogP) is 3.99. The van der Waals surface area contributed by atoms with Crippen LogP contribution < -0.4 is 5.43 Å². The number of benzene rings is 1. The molecule has 0 bridgehead atoms. The molecule has 2 aromatic heterocycles. The summed E-state index contributed by atoms with van der Waals surface area (Å²) in [5.41, 5.74) is 4.84. The van der Waals surface area contributed by atoms with Gasteiger partial charge in [-0.3, -0.25) is 9.69 Å². The Morgan fingerprint density at radius 3 is 2.96 bits per heavy atom. The summed E-state index contributed by atoms with van der Waals surface area (Å²) in [6.45, 7) is 6.47. The fraction of sp³-hybridized carbons (Fsp3) is 0.381. The lowest BCUT2D eigenvalue weighted by molar-refractivity contribution is 0.240. The first-order chi connectivity index (χ1) is 13.0. The van der Waals surface area contributed by atoms with Crippen LogP contribution in [-0.4, -0.2) is 27.7 Å². The van der Waals surface area contributed by atoms with E-state index in [1.54, 1.807) is 18.0 Å². The van der Waals surface area contributed by atoms with Gasteiger partial charge >= 0.3 is 0 Å². The minimum Gasteiger partial charge on any atom is -0.464 e. The summed E-state index contributed by atoms with van der Waals surface area (Å²) in [4.78, 5) is 24.2. The largest absolute Gasteiger partial charge is 0.464 e. The molecule has 0 radical (unpaired) electrons. The van der Waals surface area contributed by atoms with Crippen LogP contribution in [0.4, 0.5) is 0 Å². The summed E-state index contributed by atoms with van der Waals surface area (Å²) in [5, 5.41) is 1.49. The Hall–Kier alpha value is -2.18. The van der Waals surface area contributed by atoms with Crippen molar-refractivity contribution in [1.82, 2.24) is 14.9 Å². The van der Waals surface area contributed by atoms with Crippen molar-refractivity contribution in [1.29, 1.82) is 0 Å². The first kappa shape index (κ1) is 18.2. The second-order valence-corrected chi connectivity index (χ2v) is 8.06. The monoisotopic (exact) mass is 381 g/mol. The molecule has 0 atom stereocenters. The molecule has 140 valence electrons. The van der Waals surface area contributed by atoms with Crippen molar-refractivity contribution in [3.05, 3.63) is 63.3 Å². The Kier molecular flexibility index (Phi) is 5.02. The van der Waals surface area contributed by atoms with Gasteiger partial charge in [-0.15, -0.1) is 0 Å². The molecule has 0 saturated carbocycles. The van der Waals surface area contributed by atoms with Crippen LogP contribution in [0.2, 0.25) is 0 Å². The Morgan fingerprint density at radius 2 is 2.19 bits per heavy atom. The van der Waals surface area contributed by atoms with Gasteiger partial charge in [0, 0.05) is 43.4 Å². The number of hydrogen-bond acceptors (Lipinski definition) is 6. The smallest absolute Gasteiger partial charge is 0.197 e. The molecule has 0 N–H and O–H groups in total. The quantitative estimate of drug-likeness (QED) is 0.503. The van der Waals surface area contributed by atoms with Gasteiger partial charge in [-0.25, -0.2) is 9.97 Å². The number of fused-ring (bicyclic) bond motifs is 2. The molecule has 6 heteroatoms. The minimum absolute atomic E-state index is 0.0681. The van der Waals surface area contributed by atoms with Gasteiger partial charge in [-0.2, -0.15) is 0 Å². The SMILES string of the molecule is CSc1ncc2c(n1)CCN(Cc1coc3ccc(C(C)C)cc3c1=O)C2. The van der Waals surface area contributed by atoms with Gasteiger partial charge in [0.2, 0.25) is 0 Å². The average Bonchev–Trinajstić information content (AvgIpc) is 2.69. The third kappa shape index (κ3) is 3.64. The Labute approximate surface area is 162 Å². The molecule has 0 unspecified atom stereocenters. The lowest BCUT2D eigenvalue weighted by Crippen LogP contribution is -2.32. The van der Waals surface area contributed by atoms with Gasteiger partial charge in [-0.05, 0) is 29.9 Å². The van der Waals surface area contributed by atoms with Crippen molar-refractivity contribution in [3.63, 3.8) is 0 Å². The lowest BCUT2D eigenvalue weighted by Gasteiger charge is -2.27. The van der Waals surface area contributed by atoms with Crippen LogP contribution in [0, 0.1) is 0 Å². The van der Waals surface area contributed by atoms with E-state index < -0.39 is 0 Å². The van der Waals surface area contributed by atoms with Gasteiger partial charge in [0.1, 0.15) is 5.58 Å². The van der Waals surface area contributed by atoms with Crippen molar-refractivity contribution in [2.75, 3.05) is 12.8 Å². The number of thioether (sulfide) groups is 1. The molecule has 5 nitrogen and oxygen atoms in total. The standard InChI is InChI=1S/C21H23N3O2S/c1-13(2)14-4-5-19-17(8-14)20(25)16(12-26-19)11-24-7-6-18-15(10-24)9-22-21(23-18)27-3/h4-5,8-9,12-13H,6-7,10-11H2,1-3H3. The van der Waals surface area contributed by atoms with Gasteiger partial charge in [0.25, 0.3) is 0 Å². The topological polar surface area (TPSA) is 59.2 Å². The maximum Gasteiger partial charge on any atom is 0.197 e. The molecule has 0 fully saturated rings. The maximum atomic E-state index is 13.0. The van der Waals surface area contributed by atoms with Crippen LogP contribution in [0.3, 0.4) is 0 Å². The van der Waals surface area contributed by atoms with Crippen molar-refractivity contribution in [2.45, 2.75) is 44.4 Å². The first-order valence-electron chi connectivity index (χ1n) is 9.20. The molecule has 1 aliphatic rings. The van der Waals surface area contributed by atoms with Gasteiger partial charge in [0.05, 0.1) is 17.3 Å². The normalized spacial score (nSPS) is 14.7. The van der Waals surface area contributed by atoms with Gasteiger partial charge in [0.15, 0.2) is 10.6 Å². The molecule has 1 aliphatic heterocycles. The molecule has 4 rings (SSSR count). The zero-order chi connectivity index (χ0) is 19.0. The van der Waals surface area contributed by atoms with Crippen LogP contribution in [0.25, 0.3) is 11.0 Å². The second-order valence-electron chi connectivity index (χ2n) is 7.29. The number of rotatable bonds is 4. The van der Waals surface area contributed by atoms with E-state index in [4.69, 9.17) is 4.42 Å². The fourth-order valence-corrected chi connectivity index (χ4v) is 3.85. The molecule has 0 amide bonds. The molecule has 1 aromatic carbocycles. The molecule has 3 aromatic rings. The summed E-state index contributed by atoms with van der Waals surface area (Å²) in [7, 11) is 0. The molecule has 3 heterocycles. The Morgan fingerprint density at radius 1 is 1.33 bits per heavy atom. The number of hydrogen-bond donors (Lipinski definition) is 0. The van der Waals surface area contributed by atoms with Gasteiger partial charge < -0.3 is 4.42 Å². The molecule has 0 spiro atoms. The highest BCUT2D eigenvalue weighted by atomic mass is 32.2. The minimum atomic E-state index is 0.0681. The van der Waals surface area contributed by atoms with Crippen LogP contribution >= 0.6 is 11.8 Å². The van der Waals surface area contributed by atoms with Crippen LogP contribution in [0.15, 0.2) is 45.0 Å². The fourth-order valence-electron chi connectivity index (χ4n) is 3.49. The van der Waals surface area contributed by atoms with E-state index in [2.05, 4.69) is 28.7 Å². The maximum absolute atomic E-state index is 13.0. The number of aromatic nitrogens is 2. The summed E-state index contributed by atoms with van der Waals surface area (Å²) in [6, 6.07) is 5.90. The average molecular weight is 382 g/mol. The van der Waals surface area contributed by atoms with Gasteiger partial charge in [-0.1, -0.05) is 31.7 Å². The zero-order valence-corrected chi connectivity index (χ0v) is 16.7. The summed E-state index contributed by atoms with van der Waals surface area (Å²) < 4.78 is 5.75. The van der Waals surface area contributed by atoms with Crippen LogP contribution in [0.5, 0.6) is 0 Å². The van der Waals surface area contributed by atoms with E-state index in [0.717, 1.165) is 41.5 Å². The van der Waals surface area contributed by atoms with E-state index >= 15 is 0 Å². The van der Waals surface area contributed by atoms with Crippen molar-refractivity contribution < 1.29 is 4.42 Å². The Balaban J connectivity index is 1.60. The lowest BCUT2D eigenvalue weighted by atomic mass is 10.0. The summed E-state index contributed by atoms with van der Waals surface area (Å²) in [6.07, 6.45) is 6.39. The second kappa shape index (κ2) is 7.44. The van der Waals surface area contributed by atoms with Crippen LogP contribution in [0.1, 0.15) is 42.1 Å². The first-order valence-corrected chi connectivity index (χ1v) is 10.4. The van der Waals surface area contributed by atoms with E-state index in [0.29, 0.717) is 29.0 Å². The van der Waals surface area contributed by atoms with Crippen molar-refractivity contribution in [2.24, 2.45) is 0 Å². The third-order valence-corrected chi connectivity index (χ3v) is 5.66. The molecule has 27 heavy (non-hydrogen) atoms.